The van der Waals surface area contributed by atoms with Gasteiger partial charge in [0.25, 0.3) is 5.91 Å². The zero-order valence-electron chi connectivity index (χ0n) is 16.1. The highest BCUT2D eigenvalue weighted by Gasteiger charge is 2.26. The first-order valence-corrected chi connectivity index (χ1v) is 9.56. The van der Waals surface area contributed by atoms with E-state index in [4.69, 9.17) is 16.2 Å². The van der Waals surface area contributed by atoms with Crippen LogP contribution in [0.2, 0.25) is 0 Å². The van der Waals surface area contributed by atoms with E-state index < -0.39 is 17.5 Å². The van der Waals surface area contributed by atoms with Crippen molar-refractivity contribution < 1.29 is 18.3 Å². The number of rotatable bonds is 5. The van der Waals surface area contributed by atoms with Crippen LogP contribution in [0.5, 0.6) is 11.5 Å². The minimum Gasteiger partial charge on any atom is -0.454 e. The number of piperidine rings is 1. The molecular formula is C21H21F2N5O2. The van der Waals surface area contributed by atoms with Crippen molar-refractivity contribution in [3.05, 3.63) is 59.7 Å². The number of primary amides is 1. The molecule has 0 radical (unpaired) electrons. The third kappa shape index (κ3) is 3.84. The van der Waals surface area contributed by atoms with Crippen LogP contribution < -0.4 is 21.5 Å². The van der Waals surface area contributed by atoms with Crippen LogP contribution in [-0.4, -0.2) is 28.8 Å². The average molecular weight is 413 g/mol. The number of nitrogens with two attached hydrogens (primary N) is 2. The lowest BCUT2D eigenvalue weighted by atomic mass is 10.1. The number of anilines is 1. The highest BCUT2D eigenvalue weighted by molar-refractivity contribution is 6.03. The molecule has 0 aliphatic carbocycles. The topological polar surface area (TPSA) is 108 Å². The third-order valence-corrected chi connectivity index (χ3v) is 5.06. The molecule has 2 aromatic carbocycles. The first-order valence-electron chi connectivity index (χ1n) is 9.56. The summed E-state index contributed by atoms with van der Waals surface area (Å²) in [7, 11) is 0. The lowest BCUT2D eigenvalue weighted by Gasteiger charge is -2.23. The number of amides is 1. The molecule has 7 nitrogen and oxygen atoms in total. The SMILES string of the molecule is NC(=O)c1c(-c2ccc(Oc3ccc(F)cc3F)cc2)nn([C@@H]2CCCNC2)c1N. The molecule has 0 spiro atoms. The van der Waals surface area contributed by atoms with Crippen molar-refractivity contribution in [2.24, 2.45) is 5.73 Å². The molecular weight excluding hydrogens is 392 g/mol. The van der Waals surface area contributed by atoms with Crippen LogP contribution in [0, 0.1) is 11.6 Å². The Bertz CT molecular complexity index is 1080. The quantitative estimate of drug-likeness (QED) is 0.595. The van der Waals surface area contributed by atoms with Crippen molar-refractivity contribution >= 4 is 11.7 Å². The van der Waals surface area contributed by atoms with Crippen molar-refractivity contribution in [1.82, 2.24) is 15.1 Å². The molecule has 1 amide bonds. The number of benzene rings is 2. The van der Waals surface area contributed by atoms with E-state index in [0.29, 0.717) is 23.6 Å². The number of hydrogen-bond donors (Lipinski definition) is 3. The van der Waals surface area contributed by atoms with Gasteiger partial charge in [-0.2, -0.15) is 5.10 Å². The van der Waals surface area contributed by atoms with Gasteiger partial charge in [-0.25, -0.2) is 13.5 Å². The zero-order valence-corrected chi connectivity index (χ0v) is 16.1. The Hall–Kier alpha value is -3.46. The zero-order chi connectivity index (χ0) is 21.3. The van der Waals surface area contributed by atoms with E-state index in [1.807, 2.05) is 0 Å². The second kappa shape index (κ2) is 8.11. The molecule has 156 valence electrons. The summed E-state index contributed by atoms with van der Waals surface area (Å²) in [5.41, 5.74) is 12.9. The van der Waals surface area contributed by atoms with Crippen LogP contribution in [0.1, 0.15) is 29.2 Å². The highest BCUT2D eigenvalue weighted by atomic mass is 19.1. The van der Waals surface area contributed by atoms with E-state index in [2.05, 4.69) is 10.4 Å². The summed E-state index contributed by atoms with van der Waals surface area (Å²) in [5, 5.41) is 7.86. The van der Waals surface area contributed by atoms with Crippen LogP contribution in [0.3, 0.4) is 0 Å². The summed E-state index contributed by atoms with van der Waals surface area (Å²) in [6.45, 7) is 1.64. The minimum absolute atomic E-state index is 0.0367. The third-order valence-electron chi connectivity index (χ3n) is 5.06. The number of aromatic nitrogens is 2. The summed E-state index contributed by atoms with van der Waals surface area (Å²) >= 11 is 0. The monoisotopic (exact) mass is 413 g/mol. The molecule has 1 aliphatic rings. The van der Waals surface area contributed by atoms with Crippen LogP contribution in [0.4, 0.5) is 14.6 Å². The van der Waals surface area contributed by atoms with Crippen molar-refractivity contribution in [3.8, 4) is 22.8 Å². The Morgan fingerprint density at radius 3 is 2.60 bits per heavy atom. The lowest BCUT2D eigenvalue weighted by molar-refractivity contribution is 0.100. The van der Waals surface area contributed by atoms with Gasteiger partial charge < -0.3 is 21.5 Å². The second-order valence-electron chi connectivity index (χ2n) is 7.12. The summed E-state index contributed by atoms with van der Waals surface area (Å²) in [6.07, 6.45) is 1.88. The summed E-state index contributed by atoms with van der Waals surface area (Å²) in [5.74, 6) is -1.67. The van der Waals surface area contributed by atoms with Crippen molar-refractivity contribution in [2.45, 2.75) is 18.9 Å². The number of ether oxygens (including phenoxy) is 1. The maximum Gasteiger partial charge on any atom is 0.254 e. The van der Waals surface area contributed by atoms with Crippen LogP contribution in [0.25, 0.3) is 11.3 Å². The van der Waals surface area contributed by atoms with Crippen LogP contribution >= 0.6 is 0 Å². The van der Waals surface area contributed by atoms with E-state index in [1.54, 1.807) is 28.9 Å². The predicted octanol–water partition coefficient (Wildman–Crippen LogP) is 3.23. The van der Waals surface area contributed by atoms with Gasteiger partial charge in [0.1, 0.15) is 28.6 Å². The van der Waals surface area contributed by atoms with E-state index in [-0.39, 0.29) is 23.2 Å². The number of halogens is 2. The second-order valence-corrected chi connectivity index (χ2v) is 7.12. The molecule has 1 atom stereocenters. The molecule has 3 aromatic rings. The molecule has 1 fully saturated rings. The fraction of sp³-hybridized carbons (Fsp3) is 0.238. The number of nitrogens with zero attached hydrogens (tertiary/aromatic N) is 2. The number of hydrogen-bond acceptors (Lipinski definition) is 5. The molecule has 0 bridgehead atoms. The number of nitrogen functional groups attached to an aromatic ring is 1. The Labute approximate surface area is 171 Å². The fourth-order valence-electron chi connectivity index (χ4n) is 3.58. The van der Waals surface area contributed by atoms with E-state index in [0.717, 1.165) is 31.5 Å². The summed E-state index contributed by atoms with van der Waals surface area (Å²) in [4.78, 5) is 12.1. The predicted molar refractivity (Wildman–Crippen MR) is 108 cm³/mol. The highest BCUT2D eigenvalue weighted by Crippen LogP contribution is 2.32. The molecule has 1 aliphatic heterocycles. The van der Waals surface area contributed by atoms with Gasteiger partial charge >= 0.3 is 0 Å². The van der Waals surface area contributed by atoms with Gasteiger partial charge in [-0.1, -0.05) is 0 Å². The van der Waals surface area contributed by atoms with Gasteiger partial charge in [-0.15, -0.1) is 0 Å². The summed E-state index contributed by atoms with van der Waals surface area (Å²) < 4.78 is 34.0. The lowest BCUT2D eigenvalue weighted by Crippen LogP contribution is -2.32. The van der Waals surface area contributed by atoms with E-state index >= 15 is 0 Å². The Morgan fingerprint density at radius 1 is 1.20 bits per heavy atom. The molecule has 30 heavy (non-hydrogen) atoms. The maximum absolute atomic E-state index is 13.8. The Balaban J connectivity index is 1.64. The normalized spacial score (nSPS) is 16.4. The van der Waals surface area contributed by atoms with Crippen LogP contribution in [0.15, 0.2) is 42.5 Å². The number of carbonyl (C=O) groups excluding carboxylic acids is 1. The minimum atomic E-state index is -0.803. The largest absolute Gasteiger partial charge is 0.454 e. The molecule has 1 saturated heterocycles. The molecule has 4 rings (SSSR count). The van der Waals surface area contributed by atoms with Crippen molar-refractivity contribution in [3.63, 3.8) is 0 Å². The van der Waals surface area contributed by atoms with Crippen molar-refractivity contribution in [2.75, 3.05) is 18.8 Å². The molecule has 0 saturated carbocycles. The van der Waals surface area contributed by atoms with Gasteiger partial charge in [-0.3, -0.25) is 4.79 Å². The van der Waals surface area contributed by atoms with Crippen LogP contribution in [-0.2, 0) is 0 Å². The smallest absolute Gasteiger partial charge is 0.254 e. The van der Waals surface area contributed by atoms with Gasteiger partial charge in [-0.05, 0) is 55.8 Å². The summed E-state index contributed by atoms with van der Waals surface area (Å²) in [6, 6.07) is 9.66. The maximum atomic E-state index is 13.8. The van der Waals surface area contributed by atoms with Gasteiger partial charge in [0.2, 0.25) is 0 Å². The average Bonchev–Trinajstić information content (AvgIpc) is 3.09. The van der Waals surface area contributed by atoms with Crippen molar-refractivity contribution in [1.29, 1.82) is 0 Å². The Kier molecular flexibility index (Phi) is 5.37. The number of carbonyl (C=O) groups is 1. The van der Waals surface area contributed by atoms with E-state index in [1.165, 1.54) is 6.07 Å². The number of nitrogens with one attached hydrogen (secondary N) is 1. The molecule has 2 heterocycles. The standard InChI is InChI=1S/C21H21F2N5O2/c22-13-5-8-17(16(23)10-13)30-15-6-3-12(4-7-15)19-18(21(25)29)20(24)28(27-19)14-2-1-9-26-11-14/h3-8,10,14,26H,1-2,9,11,24H2,(H2,25,29)/t14-/m1/s1. The molecule has 5 N–H and O–H groups in total. The Morgan fingerprint density at radius 2 is 1.97 bits per heavy atom. The van der Waals surface area contributed by atoms with E-state index in [9.17, 15) is 13.6 Å². The molecule has 0 unspecified atom stereocenters. The fourth-order valence-corrected chi connectivity index (χ4v) is 3.58. The first-order chi connectivity index (χ1) is 14.4. The molecule has 1 aromatic heterocycles. The first kappa shape index (κ1) is 19.8. The van der Waals surface area contributed by atoms with Gasteiger partial charge in [0.15, 0.2) is 11.6 Å². The van der Waals surface area contributed by atoms with Gasteiger partial charge in [0.05, 0.1) is 6.04 Å². The molecule has 9 heteroatoms. The van der Waals surface area contributed by atoms with Gasteiger partial charge in [0, 0.05) is 18.2 Å².